The number of nitrogens with one attached hydrogen (secondary N) is 1. The topological polar surface area (TPSA) is 85.1 Å². The summed E-state index contributed by atoms with van der Waals surface area (Å²) in [5.74, 6) is 5.78. The van der Waals surface area contributed by atoms with Crippen molar-refractivity contribution in [2.45, 2.75) is 48.1 Å². The summed E-state index contributed by atoms with van der Waals surface area (Å²) in [5.41, 5.74) is 11.6. The predicted octanol–water partition coefficient (Wildman–Crippen LogP) is 7.08. The Balaban J connectivity index is 0.000000525. The highest BCUT2D eigenvalue weighted by Crippen LogP contribution is 2.24. The van der Waals surface area contributed by atoms with Crippen molar-refractivity contribution in [3.8, 4) is 11.3 Å². The highest BCUT2D eigenvalue weighted by atomic mass is 79.9. The number of rotatable bonds is 10. The fourth-order valence-electron chi connectivity index (χ4n) is 3.17. The molecule has 0 aliphatic carbocycles. The van der Waals surface area contributed by atoms with Gasteiger partial charge in [-0.05, 0) is 48.2 Å². The van der Waals surface area contributed by atoms with Crippen LogP contribution in [0.15, 0.2) is 102 Å². The maximum atomic E-state index is 5.78. The van der Waals surface area contributed by atoms with Gasteiger partial charge >= 0.3 is 0 Å². The Hall–Kier alpha value is -3.29. The van der Waals surface area contributed by atoms with E-state index in [-0.39, 0.29) is 5.41 Å². The molecule has 1 heterocycles. The van der Waals surface area contributed by atoms with Gasteiger partial charge in [-0.2, -0.15) is 5.10 Å². The summed E-state index contributed by atoms with van der Waals surface area (Å²) >= 11 is 3.37. The average molecular weight is 568 g/mol. The average Bonchev–Trinajstić information content (AvgIpc) is 3.30. The molecule has 1 aromatic carbocycles. The molecular weight excluding hydrogens is 524 g/mol. The van der Waals surface area contributed by atoms with E-state index in [1.807, 2.05) is 74.2 Å². The number of halogens is 1. The third-order valence-corrected chi connectivity index (χ3v) is 5.99. The molecule has 0 aliphatic rings. The number of allylic oxidation sites excluding steroid dienone is 8. The van der Waals surface area contributed by atoms with Gasteiger partial charge in [0, 0.05) is 48.0 Å². The Morgan fingerprint density at radius 1 is 1.19 bits per heavy atom. The monoisotopic (exact) mass is 566 g/mol. The molecule has 1 aromatic heterocycles. The van der Waals surface area contributed by atoms with Gasteiger partial charge in [-0.3, -0.25) is 0 Å². The van der Waals surface area contributed by atoms with Crippen molar-refractivity contribution in [3.05, 3.63) is 108 Å². The second-order valence-electron chi connectivity index (χ2n) is 9.59. The molecule has 0 radical (unpaired) electrons. The smallest absolute Gasteiger partial charge is 0.0977 e. The number of hydrogen-bond donors (Lipinski definition) is 3. The van der Waals surface area contributed by atoms with Crippen molar-refractivity contribution in [1.29, 1.82) is 0 Å². The van der Waals surface area contributed by atoms with Crippen molar-refractivity contribution in [1.82, 2.24) is 20.1 Å². The zero-order valence-corrected chi connectivity index (χ0v) is 24.7. The van der Waals surface area contributed by atoms with E-state index in [1.165, 1.54) is 6.20 Å². The molecule has 0 spiro atoms. The molecule has 6 nitrogen and oxygen atoms in total. The van der Waals surface area contributed by atoms with Crippen LogP contribution in [-0.2, 0) is 6.54 Å². The fourth-order valence-corrected chi connectivity index (χ4v) is 3.31. The number of nitrogens with two attached hydrogens (primary N) is 2. The first-order valence-electron chi connectivity index (χ1n) is 12.2. The van der Waals surface area contributed by atoms with Crippen LogP contribution >= 0.6 is 15.9 Å². The van der Waals surface area contributed by atoms with Gasteiger partial charge < -0.3 is 16.1 Å². The largest absolute Gasteiger partial charge is 0.404 e. The first-order chi connectivity index (χ1) is 17.5. The molecule has 0 saturated carbocycles. The summed E-state index contributed by atoms with van der Waals surface area (Å²) in [6.07, 6.45) is 13.1. The zero-order valence-electron chi connectivity index (χ0n) is 23.1. The third-order valence-electron chi connectivity index (χ3n) is 5.24. The van der Waals surface area contributed by atoms with Crippen molar-refractivity contribution in [2.24, 2.45) is 17.0 Å². The highest BCUT2D eigenvalue weighted by molar-refractivity contribution is 9.11. The quantitative estimate of drug-likeness (QED) is 0.162. The van der Waals surface area contributed by atoms with E-state index >= 15 is 0 Å². The summed E-state index contributed by atoms with van der Waals surface area (Å²) in [5, 5.41) is 9.86. The predicted molar refractivity (Wildman–Crippen MR) is 164 cm³/mol. The van der Waals surface area contributed by atoms with Crippen LogP contribution in [0.4, 0.5) is 0 Å². The van der Waals surface area contributed by atoms with Crippen LogP contribution in [-0.4, -0.2) is 21.3 Å². The SMILES string of the molecule is C/C=C(\C)N(N)CC(C)(C)C.C=C/C=C\C(=C/C)n1cc(CNC(=C)/C(Br)=C/N)c(-c2ccccc2)n1. The molecule has 0 bridgehead atoms. The molecule has 0 saturated heterocycles. The fraction of sp³-hybridized carbons (Fsp3) is 0.300. The summed E-state index contributed by atoms with van der Waals surface area (Å²) in [7, 11) is 0. The van der Waals surface area contributed by atoms with Gasteiger partial charge in [-0.25, -0.2) is 10.5 Å². The molecule has 5 N–H and O–H groups in total. The second-order valence-corrected chi connectivity index (χ2v) is 10.4. The summed E-state index contributed by atoms with van der Waals surface area (Å²) in [6, 6.07) is 10.1. The summed E-state index contributed by atoms with van der Waals surface area (Å²) < 4.78 is 2.60. The lowest BCUT2D eigenvalue weighted by Gasteiger charge is -2.27. The van der Waals surface area contributed by atoms with Gasteiger partial charge in [0.2, 0.25) is 0 Å². The van der Waals surface area contributed by atoms with Crippen LogP contribution in [0.3, 0.4) is 0 Å². The lowest BCUT2D eigenvalue weighted by molar-refractivity contribution is 0.239. The standard InChI is InChI=1S/C21H23BrN4.C9H20N2/c1-4-6-12-19(5-2)26-15-18(14-24-16(3)20(22)13-23)21(25-26)17-10-8-7-9-11-17;1-6-8(2)11(10)7-9(3,4)5/h4-13,15,24H,1,3,14,23H2,2H3;6H,7,10H2,1-5H3/b12-6-,19-5+,20-13-;8-6+. The minimum Gasteiger partial charge on any atom is -0.404 e. The van der Waals surface area contributed by atoms with Crippen LogP contribution in [0.2, 0.25) is 0 Å². The van der Waals surface area contributed by atoms with Crippen molar-refractivity contribution >= 4 is 21.6 Å². The molecule has 0 fully saturated rings. The summed E-state index contributed by atoms with van der Waals surface area (Å²) in [6.45, 7) is 21.7. The van der Waals surface area contributed by atoms with Crippen LogP contribution in [0.5, 0.6) is 0 Å². The van der Waals surface area contributed by atoms with Crippen LogP contribution < -0.4 is 16.9 Å². The molecular formula is C30H43BrN6. The summed E-state index contributed by atoms with van der Waals surface area (Å²) in [4.78, 5) is 0. The van der Waals surface area contributed by atoms with Crippen LogP contribution in [0.1, 0.15) is 47.1 Å². The normalized spacial score (nSPS) is 12.7. The Morgan fingerprint density at radius 2 is 1.84 bits per heavy atom. The lowest BCUT2D eigenvalue weighted by Crippen LogP contribution is -2.36. The van der Waals surface area contributed by atoms with E-state index in [4.69, 9.17) is 16.7 Å². The lowest BCUT2D eigenvalue weighted by atomic mass is 9.96. The zero-order chi connectivity index (χ0) is 28.0. The first kappa shape index (κ1) is 31.7. The molecule has 7 heteroatoms. The van der Waals surface area contributed by atoms with Crippen molar-refractivity contribution in [2.75, 3.05) is 6.54 Å². The number of nitrogens with zero attached hydrogens (tertiary/aromatic N) is 3. The van der Waals surface area contributed by atoms with Gasteiger partial charge in [-0.1, -0.05) is 88.6 Å². The molecule has 2 aromatic rings. The van der Waals surface area contributed by atoms with Gasteiger partial charge in [-0.15, -0.1) is 0 Å². The van der Waals surface area contributed by atoms with E-state index < -0.39 is 0 Å². The van der Waals surface area contributed by atoms with E-state index in [0.29, 0.717) is 6.54 Å². The Labute approximate surface area is 231 Å². The van der Waals surface area contributed by atoms with Crippen molar-refractivity contribution < 1.29 is 0 Å². The minimum absolute atomic E-state index is 0.263. The van der Waals surface area contributed by atoms with Crippen LogP contribution in [0.25, 0.3) is 17.0 Å². The highest BCUT2D eigenvalue weighted by Gasteiger charge is 2.14. The van der Waals surface area contributed by atoms with E-state index in [0.717, 1.165) is 44.9 Å². The van der Waals surface area contributed by atoms with E-state index in [9.17, 15) is 0 Å². The number of hydrazine groups is 1. The molecule has 37 heavy (non-hydrogen) atoms. The molecule has 0 amide bonds. The maximum absolute atomic E-state index is 5.78. The molecule has 0 atom stereocenters. The van der Waals surface area contributed by atoms with Gasteiger partial charge in [0.1, 0.15) is 0 Å². The molecule has 200 valence electrons. The first-order valence-corrected chi connectivity index (χ1v) is 13.0. The van der Waals surface area contributed by atoms with Crippen LogP contribution in [0, 0.1) is 5.41 Å². The van der Waals surface area contributed by atoms with Gasteiger partial charge in [0.05, 0.1) is 15.9 Å². The Morgan fingerprint density at radius 3 is 2.35 bits per heavy atom. The Bertz CT molecular complexity index is 1130. The van der Waals surface area contributed by atoms with E-state index in [2.05, 4.69) is 67.3 Å². The number of hydrogen-bond acceptors (Lipinski definition) is 5. The molecule has 0 aliphatic heterocycles. The molecule has 2 rings (SSSR count). The number of aromatic nitrogens is 2. The van der Waals surface area contributed by atoms with E-state index in [1.54, 1.807) is 11.1 Å². The Kier molecular flexibility index (Phi) is 13.5. The maximum Gasteiger partial charge on any atom is 0.0977 e. The third kappa shape index (κ3) is 11.1. The molecule has 0 unspecified atom stereocenters. The van der Waals surface area contributed by atoms with Gasteiger partial charge in [0.15, 0.2) is 0 Å². The minimum atomic E-state index is 0.263. The van der Waals surface area contributed by atoms with Crippen molar-refractivity contribution in [3.63, 3.8) is 0 Å². The number of benzene rings is 1. The van der Waals surface area contributed by atoms with Gasteiger partial charge in [0.25, 0.3) is 0 Å². The second kappa shape index (κ2) is 15.7.